The monoisotopic (exact) mass is 305 g/mol. The number of amides is 1. The van der Waals surface area contributed by atoms with E-state index in [1.165, 1.54) is 0 Å². The predicted octanol–water partition coefficient (Wildman–Crippen LogP) is 4.66. The number of hydrogen-bond donors (Lipinski definition) is 0. The highest BCUT2D eigenvalue weighted by Gasteiger charge is 2.35. The summed E-state index contributed by atoms with van der Waals surface area (Å²) in [6.45, 7) is 6.96. The summed E-state index contributed by atoms with van der Waals surface area (Å²) in [7, 11) is 0. The summed E-state index contributed by atoms with van der Waals surface area (Å²) in [5.74, 6) is 0.879. The maximum atomic E-state index is 12.9. The molecule has 3 rings (SSSR count). The summed E-state index contributed by atoms with van der Waals surface area (Å²) in [6.07, 6.45) is 2.19. The summed E-state index contributed by atoms with van der Waals surface area (Å²) >= 11 is 6.17. The quantitative estimate of drug-likeness (QED) is 0.823. The van der Waals surface area contributed by atoms with Crippen LogP contribution in [-0.2, 0) is 0 Å². The molecule has 1 aromatic heterocycles. The third kappa shape index (κ3) is 2.67. The zero-order valence-corrected chi connectivity index (χ0v) is 13.4. The van der Waals surface area contributed by atoms with Crippen LogP contribution >= 0.6 is 11.6 Å². The van der Waals surface area contributed by atoms with Gasteiger partial charge in [0, 0.05) is 23.5 Å². The van der Waals surface area contributed by atoms with Gasteiger partial charge < -0.3 is 9.32 Å². The topological polar surface area (TPSA) is 33.5 Å². The second kappa shape index (κ2) is 5.38. The van der Waals surface area contributed by atoms with E-state index in [1.807, 2.05) is 24.0 Å². The van der Waals surface area contributed by atoms with Crippen molar-refractivity contribution in [3.8, 4) is 0 Å². The highest BCUT2D eigenvalue weighted by molar-refractivity contribution is 6.35. The predicted molar refractivity (Wildman–Crippen MR) is 84.9 cm³/mol. The molecule has 0 radical (unpaired) electrons. The smallest absolute Gasteiger partial charge is 0.290 e. The Balaban J connectivity index is 2.00. The lowest BCUT2D eigenvalue weighted by molar-refractivity contribution is 0.0691. The molecule has 2 aromatic rings. The van der Waals surface area contributed by atoms with Gasteiger partial charge in [0.05, 0.1) is 5.02 Å². The van der Waals surface area contributed by atoms with Crippen molar-refractivity contribution in [2.75, 3.05) is 6.54 Å². The van der Waals surface area contributed by atoms with E-state index in [0.717, 1.165) is 30.3 Å². The van der Waals surface area contributed by atoms with Gasteiger partial charge >= 0.3 is 0 Å². The maximum Gasteiger partial charge on any atom is 0.290 e. The summed E-state index contributed by atoms with van der Waals surface area (Å²) in [6, 6.07) is 5.99. The van der Waals surface area contributed by atoms with Gasteiger partial charge in [-0.25, -0.2) is 0 Å². The van der Waals surface area contributed by atoms with Crippen LogP contribution in [0.25, 0.3) is 11.0 Å². The molecule has 1 saturated carbocycles. The Morgan fingerprint density at radius 3 is 2.71 bits per heavy atom. The van der Waals surface area contributed by atoms with Crippen LogP contribution in [0.2, 0.25) is 5.02 Å². The number of benzene rings is 1. The molecule has 0 atom stereocenters. The molecule has 1 aliphatic carbocycles. The van der Waals surface area contributed by atoms with Crippen LogP contribution in [0.15, 0.2) is 22.6 Å². The zero-order chi connectivity index (χ0) is 15.1. The van der Waals surface area contributed by atoms with Crippen molar-refractivity contribution >= 4 is 28.5 Å². The molecule has 0 aliphatic heterocycles. The first-order valence-corrected chi connectivity index (χ1v) is 7.85. The van der Waals surface area contributed by atoms with Crippen molar-refractivity contribution in [2.24, 2.45) is 5.92 Å². The summed E-state index contributed by atoms with van der Waals surface area (Å²) < 4.78 is 5.81. The van der Waals surface area contributed by atoms with E-state index >= 15 is 0 Å². The normalized spacial score (nSPS) is 14.9. The number of para-hydroxylation sites is 1. The molecule has 1 amide bonds. The number of carbonyl (C=O) groups excluding carboxylic acids is 1. The van der Waals surface area contributed by atoms with Crippen molar-refractivity contribution in [3.05, 3.63) is 34.5 Å². The van der Waals surface area contributed by atoms with Crippen LogP contribution in [-0.4, -0.2) is 23.4 Å². The number of nitrogens with zero attached hydrogens (tertiary/aromatic N) is 1. The van der Waals surface area contributed by atoms with Gasteiger partial charge in [0.25, 0.3) is 5.91 Å². The van der Waals surface area contributed by atoms with Crippen LogP contribution < -0.4 is 0 Å². The fourth-order valence-electron chi connectivity index (χ4n) is 2.72. The van der Waals surface area contributed by atoms with E-state index in [4.69, 9.17) is 16.0 Å². The van der Waals surface area contributed by atoms with Crippen LogP contribution in [0.5, 0.6) is 0 Å². The second-order valence-corrected chi connectivity index (χ2v) is 6.66. The maximum absolute atomic E-state index is 12.9. The van der Waals surface area contributed by atoms with E-state index in [0.29, 0.717) is 28.3 Å². The van der Waals surface area contributed by atoms with E-state index < -0.39 is 0 Å². The summed E-state index contributed by atoms with van der Waals surface area (Å²) in [4.78, 5) is 14.8. The number of fused-ring (bicyclic) bond motifs is 1. The largest absolute Gasteiger partial charge is 0.449 e. The molecule has 0 N–H and O–H groups in total. The molecule has 0 spiro atoms. The third-order valence-electron chi connectivity index (χ3n) is 3.92. The van der Waals surface area contributed by atoms with Gasteiger partial charge in [-0.1, -0.05) is 37.6 Å². The minimum Gasteiger partial charge on any atom is -0.449 e. The fourth-order valence-corrected chi connectivity index (χ4v) is 2.93. The molecule has 21 heavy (non-hydrogen) atoms. The molecule has 1 fully saturated rings. The molecule has 0 unspecified atom stereocenters. The molecule has 1 aliphatic rings. The average Bonchev–Trinajstić information content (AvgIpc) is 3.21. The van der Waals surface area contributed by atoms with Crippen LogP contribution in [0.1, 0.15) is 42.8 Å². The highest BCUT2D eigenvalue weighted by atomic mass is 35.5. The number of halogens is 1. The lowest BCUT2D eigenvalue weighted by Crippen LogP contribution is -2.36. The minimum atomic E-state index is -0.00373. The first-order chi connectivity index (χ1) is 9.99. The standard InChI is InChI=1S/C17H20ClNO2/c1-10(2)9-19(12-7-8-12)17(20)15-11(3)13-5-4-6-14(18)16(13)21-15/h4-6,10,12H,7-9H2,1-3H3. The second-order valence-electron chi connectivity index (χ2n) is 6.26. The van der Waals surface area contributed by atoms with Gasteiger partial charge in [-0.3, -0.25) is 4.79 Å². The number of hydrogen-bond acceptors (Lipinski definition) is 2. The van der Waals surface area contributed by atoms with Gasteiger partial charge in [-0.05, 0) is 31.7 Å². The van der Waals surface area contributed by atoms with Gasteiger partial charge in [-0.2, -0.15) is 0 Å². The first kappa shape index (κ1) is 14.5. The van der Waals surface area contributed by atoms with Crippen molar-refractivity contribution < 1.29 is 9.21 Å². The SMILES string of the molecule is Cc1c(C(=O)N(CC(C)C)C2CC2)oc2c(Cl)cccc12. The molecule has 1 aromatic carbocycles. The Morgan fingerprint density at radius 1 is 1.43 bits per heavy atom. The Hall–Kier alpha value is -1.48. The Labute approximate surface area is 129 Å². The first-order valence-electron chi connectivity index (χ1n) is 7.47. The van der Waals surface area contributed by atoms with Crippen LogP contribution in [0, 0.1) is 12.8 Å². The van der Waals surface area contributed by atoms with Crippen molar-refractivity contribution in [1.82, 2.24) is 4.90 Å². The van der Waals surface area contributed by atoms with Gasteiger partial charge in [0.1, 0.15) is 0 Å². The lowest BCUT2D eigenvalue weighted by atomic mass is 10.1. The molecular weight excluding hydrogens is 286 g/mol. The third-order valence-corrected chi connectivity index (χ3v) is 4.22. The van der Waals surface area contributed by atoms with Crippen molar-refractivity contribution in [1.29, 1.82) is 0 Å². The van der Waals surface area contributed by atoms with Gasteiger partial charge in [0.2, 0.25) is 0 Å². The van der Waals surface area contributed by atoms with E-state index in [1.54, 1.807) is 6.07 Å². The van der Waals surface area contributed by atoms with Gasteiger partial charge in [0.15, 0.2) is 11.3 Å². The average molecular weight is 306 g/mol. The van der Waals surface area contributed by atoms with E-state index in [9.17, 15) is 4.79 Å². The summed E-state index contributed by atoms with van der Waals surface area (Å²) in [5.41, 5.74) is 1.49. The molecule has 1 heterocycles. The number of carbonyl (C=O) groups is 1. The van der Waals surface area contributed by atoms with Crippen LogP contribution in [0.3, 0.4) is 0 Å². The Bertz CT molecular complexity index is 685. The van der Waals surface area contributed by atoms with E-state index in [2.05, 4.69) is 13.8 Å². The minimum absolute atomic E-state index is 0.00373. The Kier molecular flexibility index (Phi) is 3.70. The Morgan fingerprint density at radius 2 is 2.14 bits per heavy atom. The molecular formula is C17H20ClNO2. The van der Waals surface area contributed by atoms with Crippen molar-refractivity contribution in [2.45, 2.75) is 39.7 Å². The van der Waals surface area contributed by atoms with Crippen molar-refractivity contribution in [3.63, 3.8) is 0 Å². The molecule has 3 nitrogen and oxygen atoms in total. The molecule has 112 valence electrons. The fraction of sp³-hybridized carbons (Fsp3) is 0.471. The van der Waals surface area contributed by atoms with Gasteiger partial charge in [-0.15, -0.1) is 0 Å². The summed E-state index contributed by atoms with van der Waals surface area (Å²) in [5, 5.41) is 1.47. The number of furan rings is 1. The van der Waals surface area contributed by atoms with E-state index in [-0.39, 0.29) is 5.91 Å². The zero-order valence-electron chi connectivity index (χ0n) is 12.6. The molecule has 0 saturated heterocycles. The molecule has 4 heteroatoms. The number of rotatable bonds is 4. The molecule has 0 bridgehead atoms. The number of aryl methyl sites for hydroxylation is 1. The lowest BCUT2D eigenvalue weighted by Gasteiger charge is -2.23. The van der Waals surface area contributed by atoms with Crippen LogP contribution in [0.4, 0.5) is 0 Å². The highest BCUT2D eigenvalue weighted by Crippen LogP contribution is 2.34.